The molecule has 2 N–H and O–H groups in total. The zero-order valence-corrected chi connectivity index (χ0v) is 9.23. The summed E-state index contributed by atoms with van der Waals surface area (Å²) in [6.45, 7) is 0. The second kappa shape index (κ2) is 3.91. The van der Waals surface area contributed by atoms with Gasteiger partial charge in [-0.25, -0.2) is 4.98 Å². The van der Waals surface area contributed by atoms with Crippen LogP contribution in [0.2, 0.25) is 0 Å². The van der Waals surface area contributed by atoms with E-state index < -0.39 is 0 Å². The molecule has 3 rings (SSSR count). The first-order chi connectivity index (χ1) is 7.83. The molecule has 1 aliphatic carbocycles. The van der Waals surface area contributed by atoms with E-state index in [-0.39, 0.29) is 6.04 Å². The number of rotatable bonds is 3. The van der Waals surface area contributed by atoms with Crippen molar-refractivity contribution in [2.24, 2.45) is 11.7 Å². The van der Waals surface area contributed by atoms with Crippen LogP contribution in [0, 0.1) is 5.92 Å². The highest BCUT2D eigenvalue weighted by atomic mass is 16.3. The van der Waals surface area contributed by atoms with Crippen LogP contribution in [0.4, 0.5) is 0 Å². The molecule has 3 heteroatoms. The summed E-state index contributed by atoms with van der Waals surface area (Å²) in [5.74, 6) is 1.45. The van der Waals surface area contributed by atoms with Gasteiger partial charge in [-0.15, -0.1) is 0 Å². The number of fused-ring (bicyclic) bond motifs is 1. The number of hydrogen-bond acceptors (Lipinski definition) is 3. The normalized spacial score (nSPS) is 18.6. The van der Waals surface area contributed by atoms with Crippen LogP contribution in [0.3, 0.4) is 0 Å². The second-order valence-electron chi connectivity index (χ2n) is 4.63. The van der Waals surface area contributed by atoms with Crippen molar-refractivity contribution in [3.8, 4) is 0 Å². The van der Waals surface area contributed by atoms with Crippen LogP contribution in [-0.2, 0) is 6.42 Å². The van der Waals surface area contributed by atoms with E-state index in [0.717, 1.165) is 23.4 Å². The van der Waals surface area contributed by atoms with E-state index in [1.807, 2.05) is 24.3 Å². The van der Waals surface area contributed by atoms with Crippen LogP contribution in [0.5, 0.6) is 0 Å². The number of nitrogens with zero attached hydrogens (tertiary/aromatic N) is 1. The molecule has 0 amide bonds. The minimum Gasteiger partial charge on any atom is -0.441 e. The molecule has 1 aromatic heterocycles. The van der Waals surface area contributed by atoms with Crippen molar-refractivity contribution in [3.05, 3.63) is 30.2 Å². The zero-order valence-electron chi connectivity index (χ0n) is 9.23. The summed E-state index contributed by atoms with van der Waals surface area (Å²) in [4.78, 5) is 4.45. The standard InChI is InChI=1S/C13H16N2O/c14-10(9-4-3-5-9)8-13-15-11-6-1-2-7-12(11)16-13/h1-2,6-7,9-10H,3-5,8,14H2. The smallest absolute Gasteiger partial charge is 0.197 e. The van der Waals surface area contributed by atoms with Crippen LogP contribution in [0.25, 0.3) is 11.1 Å². The molecule has 1 aliphatic rings. The maximum atomic E-state index is 6.13. The molecule has 1 aromatic carbocycles. The third kappa shape index (κ3) is 1.71. The maximum absolute atomic E-state index is 6.13. The fourth-order valence-corrected chi connectivity index (χ4v) is 2.24. The minimum absolute atomic E-state index is 0.210. The molecule has 2 aromatic rings. The number of oxazole rings is 1. The van der Waals surface area contributed by atoms with Crippen LogP contribution >= 0.6 is 0 Å². The average molecular weight is 216 g/mol. The van der Waals surface area contributed by atoms with Gasteiger partial charge in [0.25, 0.3) is 0 Å². The molecule has 3 nitrogen and oxygen atoms in total. The molecule has 1 atom stereocenters. The average Bonchev–Trinajstić information content (AvgIpc) is 2.56. The van der Waals surface area contributed by atoms with Gasteiger partial charge in [-0.2, -0.15) is 0 Å². The van der Waals surface area contributed by atoms with Gasteiger partial charge in [0.05, 0.1) is 0 Å². The maximum Gasteiger partial charge on any atom is 0.197 e. The van der Waals surface area contributed by atoms with E-state index in [4.69, 9.17) is 10.2 Å². The van der Waals surface area contributed by atoms with Crippen molar-refractivity contribution in [3.63, 3.8) is 0 Å². The fourth-order valence-electron chi connectivity index (χ4n) is 2.24. The second-order valence-corrected chi connectivity index (χ2v) is 4.63. The van der Waals surface area contributed by atoms with Crippen molar-refractivity contribution in [1.29, 1.82) is 0 Å². The van der Waals surface area contributed by atoms with E-state index >= 15 is 0 Å². The molecular weight excluding hydrogens is 200 g/mol. The van der Waals surface area contributed by atoms with Gasteiger partial charge >= 0.3 is 0 Å². The quantitative estimate of drug-likeness (QED) is 0.857. The summed E-state index contributed by atoms with van der Waals surface area (Å²) in [6.07, 6.45) is 4.62. The largest absolute Gasteiger partial charge is 0.441 e. The van der Waals surface area contributed by atoms with Crippen LogP contribution < -0.4 is 5.73 Å². The third-order valence-electron chi connectivity index (χ3n) is 3.50. The molecule has 0 bridgehead atoms. The van der Waals surface area contributed by atoms with Gasteiger partial charge in [-0.3, -0.25) is 0 Å². The molecular formula is C13H16N2O. The van der Waals surface area contributed by atoms with Crippen molar-refractivity contribution >= 4 is 11.1 Å². The predicted molar refractivity (Wildman–Crippen MR) is 63.0 cm³/mol. The topological polar surface area (TPSA) is 52.0 Å². The highest BCUT2D eigenvalue weighted by molar-refractivity contribution is 5.72. The van der Waals surface area contributed by atoms with Crippen LogP contribution in [0.1, 0.15) is 25.2 Å². The molecule has 1 fully saturated rings. The van der Waals surface area contributed by atoms with Crippen molar-refractivity contribution in [2.75, 3.05) is 0 Å². The first kappa shape index (κ1) is 9.85. The number of aromatic nitrogens is 1. The molecule has 0 aliphatic heterocycles. The summed E-state index contributed by atoms with van der Waals surface area (Å²) < 4.78 is 5.67. The number of para-hydroxylation sites is 2. The molecule has 84 valence electrons. The number of benzene rings is 1. The molecule has 0 spiro atoms. The van der Waals surface area contributed by atoms with Crippen molar-refractivity contribution in [1.82, 2.24) is 4.98 Å². The van der Waals surface area contributed by atoms with E-state index in [0.29, 0.717) is 5.92 Å². The zero-order chi connectivity index (χ0) is 11.0. The monoisotopic (exact) mass is 216 g/mol. The Morgan fingerprint density at radius 1 is 1.38 bits per heavy atom. The van der Waals surface area contributed by atoms with E-state index in [9.17, 15) is 0 Å². The molecule has 1 unspecified atom stereocenters. The van der Waals surface area contributed by atoms with Gasteiger partial charge in [0.1, 0.15) is 5.52 Å². The summed E-state index contributed by atoms with van der Waals surface area (Å²) in [7, 11) is 0. The van der Waals surface area contributed by atoms with Gasteiger partial charge in [0, 0.05) is 12.5 Å². The predicted octanol–water partition coefficient (Wildman–Crippen LogP) is 2.50. The molecule has 1 heterocycles. The van der Waals surface area contributed by atoms with Crippen molar-refractivity contribution in [2.45, 2.75) is 31.7 Å². The Kier molecular flexibility index (Phi) is 2.40. The SMILES string of the molecule is NC(Cc1nc2ccccc2o1)C1CCC1. The highest BCUT2D eigenvalue weighted by Crippen LogP contribution is 2.30. The molecule has 0 saturated heterocycles. The molecule has 1 saturated carbocycles. The Bertz CT molecular complexity index is 454. The lowest BCUT2D eigenvalue weighted by Crippen LogP contribution is -2.36. The lowest BCUT2D eigenvalue weighted by atomic mass is 9.79. The van der Waals surface area contributed by atoms with Gasteiger partial charge in [-0.1, -0.05) is 18.6 Å². The van der Waals surface area contributed by atoms with Crippen molar-refractivity contribution < 1.29 is 4.42 Å². The summed E-state index contributed by atoms with van der Waals surface area (Å²) in [5, 5.41) is 0. The van der Waals surface area contributed by atoms with Crippen LogP contribution in [0.15, 0.2) is 28.7 Å². The number of hydrogen-bond donors (Lipinski definition) is 1. The minimum atomic E-state index is 0.210. The third-order valence-corrected chi connectivity index (χ3v) is 3.50. The van der Waals surface area contributed by atoms with Gasteiger partial charge in [-0.05, 0) is 30.9 Å². The Morgan fingerprint density at radius 2 is 2.19 bits per heavy atom. The fraction of sp³-hybridized carbons (Fsp3) is 0.462. The number of nitrogens with two attached hydrogens (primary N) is 1. The lowest BCUT2D eigenvalue weighted by molar-refractivity contribution is 0.252. The van der Waals surface area contributed by atoms with E-state index in [1.54, 1.807) is 0 Å². The Labute approximate surface area is 94.7 Å². The Balaban J connectivity index is 1.78. The van der Waals surface area contributed by atoms with Gasteiger partial charge in [0.15, 0.2) is 11.5 Å². The van der Waals surface area contributed by atoms with E-state index in [2.05, 4.69) is 4.98 Å². The summed E-state index contributed by atoms with van der Waals surface area (Å²) in [6, 6.07) is 8.06. The first-order valence-corrected chi connectivity index (χ1v) is 5.93. The Hall–Kier alpha value is -1.35. The Morgan fingerprint density at radius 3 is 2.88 bits per heavy atom. The van der Waals surface area contributed by atoms with Gasteiger partial charge in [0.2, 0.25) is 0 Å². The summed E-state index contributed by atoms with van der Waals surface area (Å²) >= 11 is 0. The van der Waals surface area contributed by atoms with Crippen LogP contribution in [-0.4, -0.2) is 11.0 Å². The molecule has 0 radical (unpaired) electrons. The van der Waals surface area contributed by atoms with E-state index in [1.165, 1.54) is 19.3 Å². The molecule has 16 heavy (non-hydrogen) atoms. The lowest BCUT2D eigenvalue weighted by Gasteiger charge is -2.30. The summed E-state index contributed by atoms with van der Waals surface area (Å²) in [5.41, 5.74) is 7.92. The first-order valence-electron chi connectivity index (χ1n) is 5.93. The highest BCUT2D eigenvalue weighted by Gasteiger charge is 2.25. The van der Waals surface area contributed by atoms with Gasteiger partial charge < -0.3 is 10.2 Å².